The van der Waals surface area contributed by atoms with Crippen LogP contribution >= 0.6 is 0 Å². The van der Waals surface area contributed by atoms with Gasteiger partial charge in [-0.3, -0.25) is 0 Å². The summed E-state index contributed by atoms with van der Waals surface area (Å²) < 4.78 is 22.7. The maximum absolute atomic E-state index is 10.6. The first-order valence-corrected chi connectivity index (χ1v) is 14.9. The molecule has 246 valence electrons. The van der Waals surface area contributed by atoms with Crippen molar-refractivity contribution in [3.63, 3.8) is 0 Å². The molecule has 0 aliphatic carbocycles. The summed E-state index contributed by atoms with van der Waals surface area (Å²) in [7, 11) is 0. The van der Waals surface area contributed by atoms with Crippen molar-refractivity contribution in [1.29, 1.82) is 0 Å². The normalized spacial score (nSPS) is 12.5. The van der Waals surface area contributed by atoms with Gasteiger partial charge in [0, 0.05) is 11.1 Å². The molecule has 46 heavy (non-hydrogen) atoms. The second kappa shape index (κ2) is 14.7. The second-order valence-corrected chi connectivity index (χ2v) is 11.6. The lowest BCUT2D eigenvalue weighted by Gasteiger charge is -2.21. The van der Waals surface area contributed by atoms with Crippen molar-refractivity contribution in [1.82, 2.24) is 0 Å². The fourth-order valence-electron chi connectivity index (χ4n) is 5.49. The highest BCUT2D eigenvalue weighted by Gasteiger charge is 2.20. The molecule has 10 heteroatoms. The minimum Gasteiger partial charge on any atom is -0.504 e. The standard InChI is InChI=1S/C36H42O10/c1-19-7-27(15-37)34(28(8-19)16-38)44-18-29(39)17-43-32-21(3)11-25(12-22(32)4)26-13-23(5)33(24(6)14-26)45-36(42)46-35-30(40)9-20(2)10-31(35)41/h7-14,29,36-42H,15-18H2,1-6H3. The third-order valence-corrected chi connectivity index (χ3v) is 7.45. The minimum absolute atomic E-state index is 0.0252. The van der Waals surface area contributed by atoms with Crippen molar-refractivity contribution in [3.8, 4) is 45.6 Å². The Kier molecular flexibility index (Phi) is 11.0. The summed E-state index contributed by atoms with van der Waals surface area (Å²) in [6.07, 6.45) is -0.964. The Morgan fingerprint density at radius 2 is 0.913 bits per heavy atom. The number of hydrogen-bond donors (Lipinski definition) is 6. The van der Waals surface area contributed by atoms with Crippen molar-refractivity contribution in [3.05, 3.63) is 93.0 Å². The fourth-order valence-corrected chi connectivity index (χ4v) is 5.49. The molecule has 0 fully saturated rings. The molecule has 0 spiro atoms. The van der Waals surface area contributed by atoms with Gasteiger partial charge in [0.1, 0.15) is 36.6 Å². The number of aromatic hydroxyl groups is 2. The quantitative estimate of drug-likeness (QED) is 0.109. The van der Waals surface area contributed by atoms with Gasteiger partial charge in [-0.1, -0.05) is 17.7 Å². The maximum atomic E-state index is 10.6. The van der Waals surface area contributed by atoms with Crippen molar-refractivity contribution < 1.29 is 49.6 Å². The molecule has 0 saturated carbocycles. The van der Waals surface area contributed by atoms with Gasteiger partial charge < -0.3 is 49.6 Å². The lowest BCUT2D eigenvalue weighted by atomic mass is 9.96. The third kappa shape index (κ3) is 8.02. The van der Waals surface area contributed by atoms with Crippen molar-refractivity contribution in [2.75, 3.05) is 13.2 Å². The average molecular weight is 635 g/mol. The van der Waals surface area contributed by atoms with Crippen LogP contribution < -0.4 is 18.9 Å². The van der Waals surface area contributed by atoms with Gasteiger partial charge in [0.25, 0.3) is 0 Å². The van der Waals surface area contributed by atoms with Crippen LogP contribution in [0.4, 0.5) is 0 Å². The van der Waals surface area contributed by atoms with E-state index in [1.807, 2.05) is 58.9 Å². The van der Waals surface area contributed by atoms with Crippen LogP contribution in [0.3, 0.4) is 0 Å². The molecule has 0 aliphatic heterocycles. The zero-order valence-corrected chi connectivity index (χ0v) is 26.9. The first-order chi connectivity index (χ1) is 21.8. The molecule has 2 unspecified atom stereocenters. The predicted octanol–water partition coefficient (Wildman–Crippen LogP) is 5.15. The lowest BCUT2D eigenvalue weighted by molar-refractivity contribution is -0.161. The van der Waals surface area contributed by atoms with Crippen LogP contribution in [-0.2, 0) is 13.2 Å². The lowest BCUT2D eigenvalue weighted by Crippen LogP contribution is -2.26. The van der Waals surface area contributed by atoms with Crippen LogP contribution in [0.5, 0.6) is 34.5 Å². The number of aliphatic hydroxyl groups excluding tert-OH is 4. The van der Waals surface area contributed by atoms with E-state index in [9.17, 15) is 30.6 Å². The summed E-state index contributed by atoms with van der Waals surface area (Å²) in [6, 6.07) is 14.1. The molecular formula is C36H42O10. The van der Waals surface area contributed by atoms with Gasteiger partial charge in [-0.05, 0) is 117 Å². The SMILES string of the molecule is Cc1cc(O)c(OC(O)Oc2c(C)cc(-c3cc(C)c(OCC(O)COc4c(CO)cc(C)cc4CO)c(C)c3)cc2C)c(O)c1. The van der Waals surface area contributed by atoms with Gasteiger partial charge in [0.05, 0.1) is 13.2 Å². The Bertz CT molecular complexity index is 1600. The highest BCUT2D eigenvalue weighted by atomic mass is 16.8. The first kappa shape index (κ1) is 34.4. The number of phenols is 2. The molecule has 0 aliphatic rings. The van der Waals surface area contributed by atoms with E-state index in [-0.39, 0.29) is 43.7 Å². The largest absolute Gasteiger partial charge is 0.504 e. The smallest absolute Gasteiger partial charge is 0.358 e. The molecule has 4 aromatic carbocycles. The van der Waals surface area contributed by atoms with Crippen LogP contribution in [0, 0.1) is 41.5 Å². The molecule has 10 nitrogen and oxygen atoms in total. The van der Waals surface area contributed by atoms with E-state index >= 15 is 0 Å². The molecule has 0 aromatic heterocycles. The summed E-state index contributed by atoms with van der Waals surface area (Å²) in [6.45, 7) is 8.68. The Morgan fingerprint density at radius 1 is 0.522 bits per heavy atom. The molecule has 6 N–H and O–H groups in total. The monoisotopic (exact) mass is 634 g/mol. The fraction of sp³-hybridized carbons (Fsp3) is 0.333. The number of aryl methyl sites for hydroxylation is 6. The van der Waals surface area contributed by atoms with E-state index < -0.39 is 12.6 Å². The van der Waals surface area contributed by atoms with Gasteiger partial charge >= 0.3 is 6.48 Å². The Morgan fingerprint density at radius 3 is 1.37 bits per heavy atom. The molecule has 4 rings (SSSR count). The molecular weight excluding hydrogens is 592 g/mol. The maximum Gasteiger partial charge on any atom is 0.358 e. The Labute approximate surface area is 268 Å². The topological polar surface area (TPSA) is 158 Å². The summed E-state index contributed by atoms with van der Waals surface area (Å²) in [4.78, 5) is 0. The molecule has 4 aromatic rings. The van der Waals surface area contributed by atoms with Gasteiger partial charge in [0.2, 0.25) is 5.75 Å². The zero-order valence-electron chi connectivity index (χ0n) is 26.9. The van der Waals surface area contributed by atoms with Crippen LogP contribution in [0.1, 0.15) is 44.5 Å². The zero-order chi connectivity index (χ0) is 33.7. The Hall–Kier alpha value is -4.48. The van der Waals surface area contributed by atoms with Gasteiger partial charge in [0.15, 0.2) is 11.5 Å². The van der Waals surface area contributed by atoms with E-state index in [0.29, 0.717) is 33.9 Å². The Balaban J connectivity index is 1.43. The first-order valence-electron chi connectivity index (χ1n) is 14.9. The van der Waals surface area contributed by atoms with Crippen LogP contribution in [0.15, 0.2) is 48.5 Å². The number of hydrogen-bond acceptors (Lipinski definition) is 10. The average Bonchev–Trinajstić information content (AvgIpc) is 2.98. The molecule has 2 atom stereocenters. The molecule has 0 saturated heterocycles. The van der Waals surface area contributed by atoms with Gasteiger partial charge in [-0.2, -0.15) is 0 Å². The second-order valence-electron chi connectivity index (χ2n) is 11.6. The van der Waals surface area contributed by atoms with E-state index in [2.05, 4.69) is 0 Å². The van der Waals surface area contributed by atoms with Gasteiger partial charge in [-0.25, -0.2) is 0 Å². The summed E-state index contributed by atoms with van der Waals surface area (Å²) >= 11 is 0. The van der Waals surface area contributed by atoms with E-state index in [0.717, 1.165) is 38.9 Å². The molecule has 0 amide bonds. The molecule has 0 heterocycles. The number of aliphatic hydroxyl groups is 4. The van der Waals surface area contributed by atoms with Crippen LogP contribution in [-0.4, -0.2) is 56.4 Å². The van der Waals surface area contributed by atoms with Crippen LogP contribution in [0.2, 0.25) is 0 Å². The van der Waals surface area contributed by atoms with E-state index in [1.165, 1.54) is 12.1 Å². The molecule has 0 radical (unpaired) electrons. The predicted molar refractivity (Wildman–Crippen MR) is 173 cm³/mol. The van der Waals surface area contributed by atoms with Crippen molar-refractivity contribution in [2.45, 2.75) is 67.3 Å². The summed E-state index contributed by atoms with van der Waals surface area (Å²) in [5, 5.41) is 60.6. The van der Waals surface area contributed by atoms with Crippen molar-refractivity contribution in [2.24, 2.45) is 0 Å². The number of phenolic OH excluding ortho intramolecular Hbond substituents is 2. The van der Waals surface area contributed by atoms with E-state index in [1.54, 1.807) is 19.1 Å². The highest BCUT2D eigenvalue weighted by Crippen LogP contribution is 2.39. The number of ether oxygens (including phenoxy) is 4. The third-order valence-electron chi connectivity index (χ3n) is 7.45. The summed E-state index contributed by atoms with van der Waals surface area (Å²) in [5.41, 5.74) is 7.63. The summed E-state index contributed by atoms with van der Waals surface area (Å²) in [5.74, 6) is 0.480. The van der Waals surface area contributed by atoms with Gasteiger partial charge in [-0.15, -0.1) is 0 Å². The number of benzene rings is 4. The highest BCUT2D eigenvalue weighted by molar-refractivity contribution is 5.70. The minimum atomic E-state index is -1.78. The van der Waals surface area contributed by atoms with Crippen LogP contribution in [0.25, 0.3) is 11.1 Å². The van der Waals surface area contributed by atoms with Crippen molar-refractivity contribution >= 4 is 0 Å². The molecule has 0 bridgehead atoms. The number of rotatable bonds is 13. The van der Waals surface area contributed by atoms with E-state index in [4.69, 9.17) is 18.9 Å².